The number of aromatic nitrogens is 2. The lowest BCUT2D eigenvalue weighted by atomic mass is 10.0. The number of benzene rings is 5. The lowest BCUT2D eigenvalue weighted by molar-refractivity contribution is 1.18. The van der Waals surface area contributed by atoms with Crippen LogP contribution in [0.25, 0.3) is 60.4 Å². The van der Waals surface area contributed by atoms with Crippen molar-refractivity contribution >= 4 is 43.6 Å². The molecule has 1 N–H and O–H groups in total. The molecule has 0 fully saturated rings. The molecule has 7 aromatic rings. The van der Waals surface area contributed by atoms with E-state index in [1.807, 2.05) is 54.6 Å². The first-order valence-electron chi connectivity index (χ1n) is 14.3. The lowest BCUT2D eigenvalue weighted by Crippen LogP contribution is -1.94. The van der Waals surface area contributed by atoms with Gasteiger partial charge in [-0.1, -0.05) is 78.8 Å². The maximum absolute atomic E-state index is 9.10. The van der Waals surface area contributed by atoms with Crippen molar-refractivity contribution in [1.29, 1.82) is 0 Å². The van der Waals surface area contributed by atoms with Crippen molar-refractivity contribution in [3.63, 3.8) is 0 Å². The Morgan fingerprint density at radius 2 is 1.41 bits per heavy atom. The summed E-state index contributed by atoms with van der Waals surface area (Å²) < 4.78 is 71.3. The van der Waals surface area contributed by atoms with Crippen LogP contribution in [0.1, 0.15) is 11.0 Å². The van der Waals surface area contributed by atoms with Crippen LogP contribution in [0, 0.1) is 0 Å². The minimum Gasteiger partial charge on any atom is -0.354 e. The highest BCUT2D eigenvalue weighted by molar-refractivity contribution is 6.28. The Balaban J connectivity index is 1.77. The van der Waals surface area contributed by atoms with Crippen molar-refractivity contribution in [2.45, 2.75) is 0 Å². The normalized spacial score (nSPS) is 15.2. The van der Waals surface area contributed by atoms with Crippen LogP contribution in [0.15, 0.2) is 115 Å². The summed E-state index contributed by atoms with van der Waals surface area (Å²) in [6.07, 6.45) is 0. The third kappa shape index (κ3) is 2.41. The van der Waals surface area contributed by atoms with Crippen LogP contribution in [0.2, 0.25) is 0 Å². The zero-order valence-electron chi connectivity index (χ0n) is 24.8. The molecule has 0 aliphatic heterocycles. The first kappa shape index (κ1) is 11.4. The topological polar surface area (TPSA) is 20.7 Å². The van der Waals surface area contributed by atoms with Crippen LogP contribution in [0.3, 0.4) is 0 Å². The summed E-state index contributed by atoms with van der Waals surface area (Å²) in [4.78, 5) is 3.05. The highest BCUT2D eigenvalue weighted by Gasteiger charge is 2.17. The molecule has 0 amide bonds. The van der Waals surface area contributed by atoms with Gasteiger partial charge < -0.3 is 9.55 Å². The standard InChI is InChI=1S/C30H20N2/c1-2-9-20(10-3-1)21-11-8-12-22(19-21)32-27-16-7-5-14-24(27)30-28(32)18-17-26-29(30)23-13-4-6-15-25(23)31-26/h1-19,31H/i4D,5D,13D,14D,15D,16D,17D,18D. The molecule has 7 rings (SSSR count). The van der Waals surface area contributed by atoms with E-state index in [2.05, 4.69) is 4.98 Å². The summed E-state index contributed by atoms with van der Waals surface area (Å²) >= 11 is 0. The monoisotopic (exact) mass is 416 g/mol. The Morgan fingerprint density at radius 3 is 2.31 bits per heavy atom. The van der Waals surface area contributed by atoms with Crippen LogP contribution in [-0.2, 0) is 0 Å². The Bertz CT molecular complexity index is 2200. The van der Waals surface area contributed by atoms with Crippen molar-refractivity contribution in [2.75, 3.05) is 0 Å². The van der Waals surface area contributed by atoms with Gasteiger partial charge in [0.15, 0.2) is 0 Å². The van der Waals surface area contributed by atoms with Gasteiger partial charge in [-0.2, -0.15) is 0 Å². The summed E-state index contributed by atoms with van der Waals surface area (Å²) in [5.74, 6) is 0. The van der Waals surface area contributed by atoms with E-state index in [0.29, 0.717) is 22.0 Å². The molecule has 0 aliphatic rings. The molecule has 0 radical (unpaired) electrons. The number of hydrogen-bond donors (Lipinski definition) is 1. The number of nitrogens with zero attached hydrogens (tertiary/aromatic N) is 1. The van der Waals surface area contributed by atoms with E-state index in [0.717, 1.165) is 11.1 Å². The minimum atomic E-state index is -0.156. The smallest absolute Gasteiger partial charge is 0.0646 e. The summed E-state index contributed by atoms with van der Waals surface area (Å²) in [6.45, 7) is 0. The largest absolute Gasteiger partial charge is 0.354 e. The van der Waals surface area contributed by atoms with Crippen LogP contribution in [0.5, 0.6) is 0 Å². The summed E-state index contributed by atoms with van der Waals surface area (Å²) in [5, 5.41) is 1.22. The number of H-pyrrole nitrogens is 1. The van der Waals surface area contributed by atoms with Crippen LogP contribution in [0.4, 0.5) is 0 Å². The lowest BCUT2D eigenvalue weighted by Gasteiger charge is -2.10. The highest BCUT2D eigenvalue weighted by Crippen LogP contribution is 2.40. The van der Waals surface area contributed by atoms with Crippen molar-refractivity contribution in [3.8, 4) is 16.8 Å². The molecule has 0 spiro atoms. The fourth-order valence-electron chi connectivity index (χ4n) is 4.53. The molecule has 0 saturated heterocycles. The number of hydrogen-bond acceptors (Lipinski definition) is 0. The van der Waals surface area contributed by atoms with E-state index in [-0.39, 0.29) is 75.7 Å². The van der Waals surface area contributed by atoms with Crippen molar-refractivity contribution < 1.29 is 11.0 Å². The van der Waals surface area contributed by atoms with E-state index in [1.165, 1.54) is 12.1 Å². The Hall–Kier alpha value is -4.30. The third-order valence-corrected chi connectivity index (χ3v) is 5.90. The molecule has 0 unspecified atom stereocenters. The summed E-state index contributed by atoms with van der Waals surface area (Å²) in [7, 11) is 0. The number of nitrogens with one attached hydrogen (secondary N) is 1. The van der Waals surface area contributed by atoms with Crippen LogP contribution >= 0.6 is 0 Å². The second-order valence-corrected chi connectivity index (χ2v) is 7.69. The van der Waals surface area contributed by atoms with Gasteiger partial charge in [0.05, 0.1) is 22.0 Å². The molecule has 2 aromatic heterocycles. The van der Waals surface area contributed by atoms with Crippen LogP contribution in [-0.4, -0.2) is 9.55 Å². The molecule has 0 bridgehead atoms. The average molecular weight is 417 g/mol. The van der Waals surface area contributed by atoms with Gasteiger partial charge in [-0.05, 0) is 47.4 Å². The fourth-order valence-corrected chi connectivity index (χ4v) is 4.53. The molecule has 0 atom stereocenters. The Labute approximate surface area is 196 Å². The van der Waals surface area contributed by atoms with Gasteiger partial charge in [0.25, 0.3) is 0 Å². The van der Waals surface area contributed by atoms with Gasteiger partial charge in [-0.15, -0.1) is 0 Å². The van der Waals surface area contributed by atoms with Crippen molar-refractivity contribution in [1.82, 2.24) is 9.55 Å². The summed E-state index contributed by atoms with van der Waals surface area (Å²) in [5.41, 5.74) is 3.57. The van der Waals surface area contributed by atoms with Gasteiger partial charge in [0.1, 0.15) is 0 Å². The third-order valence-electron chi connectivity index (χ3n) is 5.90. The van der Waals surface area contributed by atoms with Crippen molar-refractivity contribution in [2.24, 2.45) is 0 Å². The van der Waals surface area contributed by atoms with E-state index >= 15 is 0 Å². The van der Waals surface area contributed by atoms with Gasteiger partial charge in [-0.25, -0.2) is 0 Å². The van der Waals surface area contributed by atoms with Gasteiger partial charge in [-0.3, -0.25) is 0 Å². The highest BCUT2D eigenvalue weighted by atomic mass is 15.0. The molecule has 2 heterocycles. The minimum absolute atomic E-state index is 0.00954. The number of aromatic amines is 1. The summed E-state index contributed by atoms with van der Waals surface area (Å²) in [6, 6.07) is 19.0. The Morgan fingerprint density at radius 1 is 0.594 bits per heavy atom. The first-order chi connectivity index (χ1) is 19.2. The number of rotatable bonds is 2. The number of para-hydroxylation sites is 2. The van der Waals surface area contributed by atoms with Gasteiger partial charge in [0, 0.05) is 38.3 Å². The molecule has 32 heavy (non-hydrogen) atoms. The number of fused-ring (bicyclic) bond motifs is 7. The predicted molar refractivity (Wildman–Crippen MR) is 136 cm³/mol. The zero-order valence-corrected chi connectivity index (χ0v) is 16.8. The molecule has 0 aliphatic carbocycles. The van der Waals surface area contributed by atoms with E-state index < -0.39 is 0 Å². The predicted octanol–water partition coefficient (Wildman–Crippen LogP) is 8.09. The van der Waals surface area contributed by atoms with Crippen molar-refractivity contribution in [3.05, 3.63) is 115 Å². The molecular formula is C30H20N2. The Kier molecular flexibility index (Phi) is 2.34. The quantitative estimate of drug-likeness (QED) is 0.294. The van der Waals surface area contributed by atoms with E-state index in [9.17, 15) is 0 Å². The maximum atomic E-state index is 9.10. The molecule has 2 nitrogen and oxygen atoms in total. The fraction of sp³-hybridized carbons (Fsp3) is 0. The second kappa shape index (κ2) is 6.60. The van der Waals surface area contributed by atoms with Gasteiger partial charge >= 0.3 is 0 Å². The first-order valence-corrected chi connectivity index (χ1v) is 10.3. The maximum Gasteiger partial charge on any atom is 0.0646 e. The SMILES string of the molecule is [2H]c1cc([2H])c2[nH]c3c([2H])c([2H])c4c(c5c([2H])c([2H])cc([2H])c5n4-c4cccc(-c5ccccc5)c4)c3c2c1[2H]. The average Bonchev–Trinajstić information content (AvgIpc) is 3.52. The second-order valence-electron chi connectivity index (χ2n) is 7.69. The van der Waals surface area contributed by atoms with Crippen LogP contribution < -0.4 is 0 Å². The van der Waals surface area contributed by atoms with E-state index in [4.69, 9.17) is 11.0 Å². The van der Waals surface area contributed by atoms with E-state index in [1.54, 1.807) is 4.57 Å². The molecule has 0 saturated carbocycles. The zero-order chi connectivity index (χ0) is 28.0. The molecule has 2 heteroatoms. The molecule has 5 aromatic carbocycles. The van der Waals surface area contributed by atoms with Gasteiger partial charge in [0.2, 0.25) is 0 Å². The molecule has 150 valence electrons. The molecular weight excluding hydrogens is 388 g/mol.